The predicted octanol–water partition coefficient (Wildman–Crippen LogP) is 3.28. The molecule has 1 aliphatic carbocycles. The second-order valence-electron chi connectivity index (χ2n) is 6.76. The van der Waals surface area contributed by atoms with Crippen LogP contribution >= 0.6 is 11.3 Å². The fourth-order valence-corrected chi connectivity index (χ4v) is 4.60. The zero-order valence-corrected chi connectivity index (χ0v) is 14.3. The van der Waals surface area contributed by atoms with Crippen LogP contribution in [0, 0.1) is 17.2 Å². The first-order chi connectivity index (χ1) is 12.0. The highest BCUT2D eigenvalue weighted by molar-refractivity contribution is 7.16. The molecule has 1 N–H and O–H groups in total. The lowest BCUT2D eigenvalue weighted by Crippen LogP contribution is -2.39. The number of rotatable bonds is 3. The van der Waals surface area contributed by atoms with Gasteiger partial charge < -0.3 is 10.0 Å². The Morgan fingerprint density at radius 3 is 2.64 bits per heavy atom. The van der Waals surface area contributed by atoms with Gasteiger partial charge in [-0.15, -0.1) is 11.3 Å². The van der Waals surface area contributed by atoms with Gasteiger partial charge in [0.1, 0.15) is 15.7 Å². The van der Waals surface area contributed by atoms with Gasteiger partial charge in [0.15, 0.2) is 0 Å². The first-order valence-corrected chi connectivity index (χ1v) is 9.05. The molecule has 1 aromatic heterocycles. The molecule has 25 heavy (non-hydrogen) atoms. The average molecular weight is 360 g/mol. The third-order valence-corrected chi connectivity index (χ3v) is 6.37. The molecule has 5 nitrogen and oxygen atoms in total. The van der Waals surface area contributed by atoms with E-state index in [1.165, 1.54) is 23.6 Å². The number of nitrogens with zero attached hydrogens (tertiary/aromatic N) is 2. The highest BCUT2D eigenvalue weighted by Gasteiger charge is 2.59. The van der Waals surface area contributed by atoms with E-state index in [2.05, 4.69) is 4.98 Å². The first-order valence-electron chi connectivity index (χ1n) is 8.23. The summed E-state index contributed by atoms with van der Waals surface area (Å²) in [5.41, 5.74) is 0.292. The fourth-order valence-electron chi connectivity index (χ4n) is 3.69. The number of carboxylic acid groups (broad SMARTS) is 1. The van der Waals surface area contributed by atoms with Crippen molar-refractivity contribution < 1.29 is 19.1 Å². The van der Waals surface area contributed by atoms with E-state index in [1.54, 1.807) is 23.1 Å². The molecule has 0 bridgehead atoms. The summed E-state index contributed by atoms with van der Waals surface area (Å²) in [6.07, 6.45) is 3.68. The Labute approximate surface area is 148 Å². The van der Waals surface area contributed by atoms with Crippen LogP contribution in [0.4, 0.5) is 4.39 Å². The Kier molecular flexibility index (Phi) is 3.83. The number of aliphatic carboxylic acids is 1. The van der Waals surface area contributed by atoms with Crippen molar-refractivity contribution in [2.45, 2.75) is 19.3 Å². The van der Waals surface area contributed by atoms with Gasteiger partial charge in [0.2, 0.25) is 0 Å². The van der Waals surface area contributed by atoms with Crippen molar-refractivity contribution in [3.63, 3.8) is 0 Å². The SMILES string of the molecule is O=C(O)C1CC12CCN(C(=O)c1cnc(-c3ccccc3F)s1)CC2. The Balaban J connectivity index is 1.45. The third kappa shape index (κ3) is 2.82. The largest absolute Gasteiger partial charge is 0.481 e. The number of carbonyl (C=O) groups is 2. The lowest BCUT2D eigenvalue weighted by Gasteiger charge is -2.32. The summed E-state index contributed by atoms with van der Waals surface area (Å²) in [5.74, 6) is -1.44. The summed E-state index contributed by atoms with van der Waals surface area (Å²) in [4.78, 5) is 30.2. The summed E-state index contributed by atoms with van der Waals surface area (Å²) in [5, 5.41) is 9.63. The van der Waals surface area contributed by atoms with Crippen LogP contribution in [0.25, 0.3) is 10.6 Å². The summed E-state index contributed by atoms with van der Waals surface area (Å²) in [6, 6.07) is 6.37. The van der Waals surface area contributed by atoms with Gasteiger partial charge in [0, 0.05) is 18.7 Å². The number of likely N-dealkylation sites (tertiary alicyclic amines) is 1. The number of aromatic nitrogens is 1. The normalized spacial score (nSPS) is 21.3. The molecule has 1 aliphatic heterocycles. The molecule has 1 atom stereocenters. The lowest BCUT2D eigenvalue weighted by atomic mass is 9.91. The molecule has 7 heteroatoms. The Morgan fingerprint density at radius 1 is 1.28 bits per heavy atom. The maximum absolute atomic E-state index is 13.9. The van der Waals surface area contributed by atoms with Crippen LogP contribution in [0.3, 0.4) is 0 Å². The fraction of sp³-hybridized carbons (Fsp3) is 0.389. The molecule has 2 fully saturated rings. The number of hydrogen-bond acceptors (Lipinski definition) is 4. The lowest BCUT2D eigenvalue weighted by molar-refractivity contribution is -0.139. The highest BCUT2D eigenvalue weighted by Crippen LogP contribution is 2.59. The van der Waals surface area contributed by atoms with Crippen molar-refractivity contribution >= 4 is 23.2 Å². The van der Waals surface area contributed by atoms with Crippen LogP contribution in [-0.2, 0) is 4.79 Å². The van der Waals surface area contributed by atoms with Gasteiger partial charge in [-0.05, 0) is 36.8 Å². The van der Waals surface area contributed by atoms with E-state index in [-0.39, 0.29) is 23.1 Å². The van der Waals surface area contributed by atoms with E-state index < -0.39 is 5.97 Å². The number of hydrogen-bond donors (Lipinski definition) is 1. The van der Waals surface area contributed by atoms with Crippen molar-refractivity contribution in [1.82, 2.24) is 9.88 Å². The van der Waals surface area contributed by atoms with Gasteiger partial charge in [0.05, 0.1) is 12.1 Å². The second kappa shape index (κ2) is 5.91. The molecule has 130 valence electrons. The molecule has 1 saturated heterocycles. The van der Waals surface area contributed by atoms with E-state index in [9.17, 15) is 14.0 Å². The van der Waals surface area contributed by atoms with Gasteiger partial charge in [-0.1, -0.05) is 12.1 Å². The van der Waals surface area contributed by atoms with Crippen molar-refractivity contribution in [3.05, 3.63) is 41.2 Å². The minimum atomic E-state index is -0.725. The van der Waals surface area contributed by atoms with Crippen LogP contribution in [0.5, 0.6) is 0 Å². The minimum absolute atomic E-state index is 0.103. The van der Waals surface area contributed by atoms with E-state index >= 15 is 0 Å². The molecule has 4 rings (SSSR count). The average Bonchev–Trinajstić information content (AvgIpc) is 3.09. The van der Waals surface area contributed by atoms with Crippen molar-refractivity contribution in [3.8, 4) is 10.6 Å². The summed E-state index contributed by atoms with van der Waals surface area (Å²) in [6.45, 7) is 1.13. The number of piperidine rings is 1. The number of benzene rings is 1. The summed E-state index contributed by atoms with van der Waals surface area (Å²) in [7, 11) is 0. The smallest absolute Gasteiger partial charge is 0.307 e. The maximum atomic E-state index is 13.9. The number of carboxylic acids is 1. The van der Waals surface area contributed by atoms with Crippen LogP contribution < -0.4 is 0 Å². The molecular weight excluding hydrogens is 343 g/mol. The highest BCUT2D eigenvalue weighted by atomic mass is 32.1. The van der Waals surface area contributed by atoms with Gasteiger partial charge in [-0.25, -0.2) is 9.37 Å². The Bertz CT molecular complexity index is 842. The van der Waals surface area contributed by atoms with Crippen LogP contribution in [0.15, 0.2) is 30.5 Å². The van der Waals surface area contributed by atoms with Gasteiger partial charge >= 0.3 is 5.97 Å². The molecule has 1 aromatic carbocycles. The van der Waals surface area contributed by atoms with Crippen molar-refractivity contribution in [2.24, 2.45) is 11.3 Å². The van der Waals surface area contributed by atoms with E-state index in [4.69, 9.17) is 5.11 Å². The van der Waals surface area contributed by atoms with Gasteiger partial charge in [0.25, 0.3) is 5.91 Å². The molecule has 1 spiro atoms. The second-order valence-corrected chi connectivity index (χ2v) is 7.79. The zero-order valence-electron chi connectivity index (χ0n) is 13.4. The van der Waals surface area contributed by atoms with E-state index in [0.29, 0.717) is 28.5 Å². The molecule has 0 radical (unpaired) electrons. The molecular formula is C18H17FN2O3S. The third-order valence-electron chi connectivity index (χ3n) is 5.35. The number of amides is 1. The number of carbonyl (C=O) groups excluding carboxylic acids is 1. The maximum Gasteiger partial charge on any atom is 0.307 e. The molecule has 1 amide bonds. The quantitative estimate of drug-likeness (QED) is 0.912. The number of halogens is 1. The molecule has 2 heterocycles. The summed E-state index contributed by atoms with van der Waals surface area (Å²) >= 11 is 1.19. The molecule has 2 aromatic rings. The van der Waals surface area contributed by atoms with Gasteiger partial charge in [-0.3, -0.25) is 9.59 Å². The topological polar surface area (TPSA) is 70.5 Å². The van der Waals surface area contributed by atoms with Crippen molar-refractivity contribution in [2.75, 3.05) is 13.1 Å². The summed E-state index contributed by atoms with van der Waals surface area (Å²) < 4.78 is 13.9. The predicted molar refractivity (Wildman–Crippen MR) is 90.8 cm³/mol. The first kappa shape index (κ1) is 16.2. The Morgan fingerprint density at radius 2 is 2.00 bits per heavy atom. The van der Waals surface area contributed by atoms with Crippen LogP contribution in [-0.4, -0.2) is 40.0 Å². The number of thiazole rings is 1. The van der Waals surface area contributed by atoms with Gasteiger partial charge in [-0.2, -0.15) is 0 Å². The minimum Gasteiger partial charge on any atom is -0.481 e. The zero-order chi connectivity index (χ0) is 17.6. The Hall–Kier alpha value is -2.28. The van der Waals surface area contributed by atoms with Crippen LogP contribution in [0.2, 0.25) is 0 Å². The monoisotopic (exact) mass is 360 g/mol. The van der Waals surface area contributed by atoms with E-state index in [1.807, 2.05) is 0 Å². The van der Waals surface area contributed by atoms with E-state index in [0.717, 1.165) is 19.3 Å². The van der Waals surface area contributed by atoms with Crippen LogP contribution in [0.1, 0.15) is 28.9 Å². The van der Waals surface area contributed by atoms with Crippen molar-refractivity contribution in [1.29, 1.82) is 0 Å². The molecule has 2 aliphatic rings. The molecule has 1 unspecified atom stereocenters. The molecule has 1 saturated carbocycles. The standard InChI is InChI=1S/C18H17FN2O3S/c19-13-4-2-1-3-11(13)15-20-10-14(25-15)16(22)21-7-5-18(6-8-21)9-12(18)17(23)24/h1-4,10,12H,5-9H2,(H,23,24).